The Balaban J connectivity index is 2.32. The summed E-state index contributed by atoms with van der Waals surface area (Å²) in [6.07, 6.45) is 1.72. The molecule has 2 aromatic rings. The first kappa shape index (κ1) is 12.7. The molecule has 0 atom stereocenters. The molecule has 0 fully saturated rings. The number of carbonyl (C=O) groups excluding carboxylic acids is 1. The fourth-order valence-corrected chi connectivity index (χ4v) is 2.56. The summed E-state index contributed by atoms with van der Waals surface area (Å²) in [5.74, 6) is 0.674. The molecule has 0 aliphatic carbocycles. The lowest BCUT2D eigenvalue weighted by molar-refractivity contribution is 0.0994. The van der Waals surface area contributed by atoms with E-state index in [0.717, 1.165) is 11.4 Å². The molecule has 1 aromatic carbocycles. The second-order valence-electron chi connectivity index (χ2n) is 5.22. The third-order valence-electron chi connectivity index (χ3n) is 3.95. The van der Waals surface area contributed by atoms with E-state index in [2.05, 4.69) is 31.0 Å². The zero-order valence-corrected chi connectivity index (χ0v) is 12.1. The minimum absolute atomic E-state index is 0.0260. The fraction of sp³-hybridized carbons (Fsp3) is 0.250. The number of fused-ring (bicyclic) bond motifs is 2. The van der Waals surface area contributed by atoms with Gasteiger partial charge in [-0.25, -0.2) is 4.98 Å². The lowest BCUT2D eigenvalue weighted by atomic mass is 10.1. The molecule has 4 nitrogen and oxygen atoms in total. The largest absolute Gasteiger partial charge is 0.327 e. The number of carbonyl (C=O) groups is 1. The zero-order valence-electron chi connectivity index (χ0n) is 12.1. The number of benzene rings is 1. The summed E-state index contributed by atoms with van der Waals surface area (Å²) in [7, 11) is 3.76. The van der Waals surface area contributed by atoms with Gasteiger partial charge in [0.25, 0.3) is 5.91 Å². The van der Waals surface area contributed by atoms with E-state index < -0.39 is 0 Å². The maximum atomic E-state index is 12.6. The number of aryl methyl sites for hydroxylation is 2. The molecular weight excluding hydrogens is 250 g/mol. The summed E-state index contributed by atoms with van der Waals surface area (Å²) < 4.78 is 0. The van der Waals surface area contributed by atoms with Crippen LogP contribution >= 0.6 is 0 Å². The van der Waals surface area contributed by atoms with E-state index in [1.807, 2.05) is 25.1 Å². The molecule has 0 N–H and O–H groups in total. The highest BCUT2D eigenvalue weighted by molar-refractivity contribution is 6.13. The maximum Gasteiger partial charge on any atom is 0.261 e. The molecule has 1 aliphatic rings. The number of hydrogen-bond donors (Lipinski definition) is 0. The number of nitrogens with zero attached hydrogens (tertiary/aromatic N) is 3. The van der Waals surface area contributed by atoms with Gasteiger partial charge in [0.2, 0.25) is 0 Å². The van der Waals surface area contributed by atoms with Gasteiger partial charge in [-0.15, -0.1) is 0 Å². The van der Waals surface area contributed by atoms with Gasteiger partial charge < -0.3 is 9.80 Å². The van der Waals surface area contributed by atoms with Gasteiger partial charge in [0.1, 0.15) is 5.82 Å². The number of amides is 1. The van der Waals surface area contributed by atoms with Crippen LogP contribution in [0.4, 0.5) is 17.2 Å². The van der Waals surface area contributed by atoms with Crippen LogP contribution in [-0.4, -0.2) is 25.0 Å². The van der Waals surface area contributed by atoms with Gasteiger partial charge in [-0.2, -0.15) is 0 Å². The van der Waals surface area contributed by atoms with Crippen molar-refractivity contribution in [2.24, 2.45) is 0 Å². The second-order valence-corrected chi connectivity index (χ2v) is 5.22. The topological polar surface area (TPSA) is 36.4 Å². The smallest absolute Gasteiger partial charge is 0.261 e. The quantitative estimate of drug-likeness (QED) is 0.736. The highest BCUT2D eigenvalue weighted by Crippen LogP contribution is 2.39. The van der Waals surface area contributed by atoms with Crippen LogP contribution in [0.15, 0.2) is 30.5 Å². The van der Waals surface area contributed by atoms with Crippen LogP contribution < -0.4 is 9.80 Å². The van der Waals surface area contributed by atoms with Crippen molar-refractivity contribution in [3.63, 3.8) is 0 Å². The summed E-state index contributed by atoms with van der Waals surface area (Å²) in [5, 5.41) is 0. The number of hydrogen-bond acceptors (Lipinski definition) is 3. The van der Waals surface area contributed by atoms with Crippen molar-refractivity contribution in [3.8, 4) is 0 Å². The van der Waals surface area contributed by atoms with Crippen molar-refractivity contribution in [2.45, 2.75) is 13.8 Å². The molecule has 0 unspecified atom stereocenters. The monoisotopic (exact) mass is 267 g/mol. The van der Waals surface area contributed by atoms with Gasteiger partial charge >= 0.3 is 0 Å². The Hall–Kier alpha value is -2.36. The van der Waals surface area contributed by atoms with E-state index >= 15 is 0 Å². The Morgan fingerprint density at radius 2 is 1.60 bits per heavy atom. The van der Waals surface area contributed by atoms with Crippen LogP contribution in [0.25, 0.3) is 0 Å². The first-order valence-corrected chi connectivity index (χ1v) is 6.58. The van der Waals surface area contributed by atoms with Crippen LogP contribution in [0, 0.1) is 13.8 Å². The third kappa shape index (κ3) is 1.68. The van der Waals surface area contributed by atoms with Crippen molar-refractivity contribution in [1.82, 2.24) is 4.98 Å². The van der Waals surface area contributed by atoms with Crippen molar-refractivity contribution < 1.29 is 4.79 Å². The highest BCUT2D eigenvalue weighted by Gasteiger charge is 2.28. The molecule has 102 valence electrons. The van der Waals surface area contributed by atoms with Crippen LogP contribution in [0.5, 0.6) is 0 Å². The number of pyridine rings is 1. The Labute approximate surface area is 118 Å². The molecule has 0 saturated carbocycles. The molecule has 0 spiro atoms. The summed E-state index contributed by atoms with van der Waals surface area (Å²) in [6.45, 7) is 4.14. The summed E-state index contributed by atoms with van der Waals surface area (Å²) in [6, 6.07) is 7.79. The number of aromatic nitrogens is 1. The van der Waals surface area contributed by atoms with E-state index in [0.29, 0.717) is 11.4 Å². The van der Waals surface area contributed by atoms with E-state index in [4.69, 9.17) is 0 Å². The van der Waals surface area contributed by atoms with Crippen molar-refractivity contribution >= 4 is 23.1 Å². The first-order valence-electron chi connectivity index (χ1n) is 6.58. The Kier molecular flexibility index (Phi) is 2.74. The average Bonchev–Trinajstić information content (AvgIpc) is 2.53. The zero-order chi connectivity index (χ0) is 14.4. The van der Waals surface area contributed by atoms with E-state index in [9.17, 15) is 4.79 Å². The van der Waals surface area contributed by atoms with Crippen molar-refractivity contribution in [2.75, 3.05) is 23.9 Å². The van der Waals surface area contributed by atoms with E-state index in [-0.39, 0.29) is 5.91 Å². The van der Waals surface area contributed by atoms with Crippen LogP contribution in [0.1, 0.15) is 21.5 Å². The molecule has 20 heavy (non-hydrogen) atoms. The fourth-order valence-electron chi connectivity index (χ4n) is 2.56. The Bertz CT molecular complexity index is 709. The van der Waals surface area contributed by atoms with Gasteiger partial charge in [0.15, 0.2) is 0 Å². The van der Waals surface area contributed by atoms with Crippen molar-refractivity contribution in [1.29, 1.82) is 0 Å². The molecular formula is C16H17N3O. The highest BCUT2D eigenvalue weighted by atomic mass is 16.2. The van der Waals surface area contributed by atoms with Gasteiger partial charge in [0, 0.05) is 20.3 Å². The lowest BCUT2D eigenvalue weighted by Crippen LogP contribution is -2.25. The lowest BCUT2D eigenvalue weighted by Gasteiger charge is -2.23. The maximum absolute atomic E-state index is 12.6. The average molecular weight is 267 g/mol. The summed E-state index contributed by atoms with van der Waals surface area (Å²) in [4.78, 5) is 20.7. The molecule has 0 bridgehead atoms. The molecule has 4 heteroatoms. The predicted octanol–water partition coefficient (Wildman–Crippen LogP) is 3.06. The van der Waals surface area contributed by atoms with Gasteiger partial charge in [-0.3, -0.25) is 4.79 Å². The molecule has 2 heterocycles. The van der Waals surface area contributed by atoms with E-state index in [1.54, 1.807) is 17.2 Å². The molecule has 0 saturated heterocycles. The van der Waals surface area contributed by atoms with Crippen LogP contribution in [0.3, 0.4) is 0 Å². The standard InChI is InChI=1S/C16H17N3O/c1-10-8-13-14(9-11(10)2)19(4)16(20)12-6-5-7-17-15(12)18(13)3/h5-9H,1-4H3. The van der Waals surface area contributed by atoms with Gasteiger partial charge in [-0.05, 0) is 49.2 Å². The van der Waals surface area contributed by atoms with Crippen molar-refractivity contribution in [3.05, 3.63) is 47.2 Å². The molecule has 1 aromatic heterocycles. The summed E-state index contributed by atoms with van der Waals surface area (Å²) in [5.41, 5.74) is 4.93. The molecule has 3 rings (SSSR count). The SMILES string of the molecule is Cc1cc2c(cc1C)N(C)c1ncccc1C(=O)N2C. The van der Waals surface area contributed by atoms with Crippen LogP contribution in [0.2, 0.25) is 0 Å². The minimum atomic E-state index is -0.0260. The summed E-state index contributed by atoms with van der Waals surface area (Å²) >= 11 is 0. The first-order chi connectivity index (χ1) is 9.50. The second kappa shape index (κ2) is 4.34. The Morgan fingerprint density at radius 3 is 2.25 bits per heavy atom. The van der Waals surface area contributed by atoms with E-state index in [1.165, 1.54) is 11.1 Å². The normalized spacial score (nSPS) is 13.9. The predicted molar refractivity (Wildman–Crippen MR) is 80.9 cm³/mol. The minimum Gasteiger partial charge on any atom is -0.327 e. The number of rotatable bonds is 0. The van der Waals surface area contributed by atoms with Gasteiger partial charge in [0.05, 0.1) is 16.9 Å². The third-order valence-corrected chi connectivity index (χ3v) is 3.95. The molecule has 1 amide bonds. The molecule has 0 radical (unpaired) electrons. The number of anilines is 3. The van der Waals surface area contributed by atoms with Crippen LogP contribution in [-0.2, 0) is 0 Å². The Morgan fingerprint density at radius 1 is 1.00 bits per heavy atom. The van der Waals surface area contributed by atoms with Gasteiger partial charge in [-0.1, -0.05) is 0 Å². The molecule has 1 aliphatic heterocycles.